The molecule has 0 spiro atoms. The summed E-state index contributed by atoms with van der Waals surface area (Å²) >= 11 is 5.93. The van der Waals surface area contributed by atoms with Gasteiger partial charge in [-0.3, -0.25) is 4.79 Å². The van der Waals surface area contributed by atoms with E-state index in [0.717, 1.165) is 0 Å². The van der Waals surface area contributed by atoms with E-state index < -0.39 is 23.7 Å². The van der Waals surface area contributed by atoms with Crippen molar-refractivity contribution >= 4 is 17.6 Å². The fourth-order valence-corrected chi connectivity index (χ4v) is 2.93. The molecule has 3 rings (SSSR count). The molecule has 1 saturated heterocycles. The van der Waals surface area contributed by atoms with E-state index in [4.69, 9.17) is 26.2 Å². The quantitative estimate of drug-likeness (QED) is 0.877. The summed E-state index contributed by atoms with van der Waals surface area (Å²) < 4.78 is 25.6. The van der Waals surface area contributed by atoms with Crippen molar-refractivity contribution in [1.29, 1.82) is 0 Å². The molecule has 0 radical (unpaired) electrons. The van der Waals surface area contributed by atoms with Gasteiger partial charge < -0.3 is 19.9 Å². The van der Waals surface area contributed by atoms with E-state index >= 15 is 0 Å². The molecule has 2 unspecified atom stereocenters. The molecule has 114 valence electrons. The van der Waals surface area contributed by atoms with Crippen LogP contribution in [0.25, 0.3) is 0 Å². The molecule has 2 aliphatic heterocycles. The number of nitrogens with one attached hydrogen (secondary N) is 1. The molecule has 7 heteroatoms. The minimum atomic E-state index is -0.893. The first-order chi connectivity index (χ1) is 10.1. The van der Waals surface area contributed by atoms with E-state index in [-0.39, 0.29) is 10.6 Å². The minimum Gasteiger partial charge on any atom is -0.489 e. The molecule has 0 aliphatic carbocycles. The van der Waals surface area contributed by atoms with Crippen LogP contribution in [-0.2, 0) is 4.79 Å². The fourth-order valence-electron chi connectivity index (χ4n) is 2.73. The summed E-state index contributed by atoms with van der Waals surface area (Å²) in [6, 6.07) is 0.963. The van der Waals surface area contributed by atoms with Crippen LogP contribution in [0.2, 0.25) is 5.02 Å². The molecule has 1 aromatic rings. The molecule has 21 heavy (non-hydrogen) atoms. The number of rotatable bonds is 2. The molecule has 2 aliphatic rings. The molecule has 0 amide bonds. The first-order valence-electron chi connectivity index (χ1n) is 6.81. The Morgan fingerprint density at radius 3 is 2.90 bits per heavy atom. The lowest BCUT2D eigenvalue weighted by molar-refractivity contribution is -0.141. The van der Waals surface area contributed by atoms with Crippen LogP contribution in [0, 0.1) is 11.7 Å². The zero-order valence-electron chi connectivity index (χ0n) is 11.2. The van der Waals surface area contributed by atoms with Crippen LogP contribution in [0.15, 0.2) is 6.07 Å². The Hall–Kier alpha value is -1.53. The summed E-state index contributed by atoms with van der Waals surface area (Å²) in [5.41, 5.74) is 0.267. The Morgan fingerprint density at radius 1 is 1.43 bits per heavy atom. The van der Waals surface area contributed by atoms with Gasteiger partial charge in [-0.1, -0.05) is 11.6 Å². The van der Waals surface area contributed by atoms with Crippen LogP contribution < -0.4 is 14.8 Å². The molecule has 5 nitrogen and oxygen atoms in total. The molecule has 0 aromatic heterocycles. The van der Waals surface area contributed by atoms with Gasteiger partial charge in [-0.05, 0) is 6.42 Å². The van der Waals surface area contributed by atoms with Gasteiger partial charge in [0.15, 0.2) is 17.3 Å². The molecule has 2 heterocycles. The fraction of sp³-hybridized carbons (Fsp3) is 0.500. The number of carboxylic acid groups (broad SMARTS) is 1. The second-order valence-electron chi connectivity index (χ2n) is 5.20. The number of ether oxygens (including phenoxy) is 2. The highest BCUT2D eigenvalue weighted by Crippen LogP contribution is 2.44. The van der Waals surface area contributed by atoms with Gasteiger partial charge in [-0.15, -0.1) is 0 Å². The first kappa shape index (κ1) is 14.4. The highest BCUT2D eigenvalue weighted by Gasteiger charge is 2.35. The molecular formula is C14H15ClFNO4. The summed E-state index contributed by atoms with van der Waals surface area (Å²) in [6.45, 7) is 1.20. The second-order valence-corrected chi connectivity index (χ2v) is 5.60. The maximum atomic E-state index is 14.4. The van der Waals surface area contributed by atoms with Gasteiger partial charge in [0.05, 0.1) is 29.7 Å². The predicted molar refractivity (Wildman–Crippen MR) is 73.5 cm³/mol. The minimum absolute atomic E-state index is 0.0465. The van der Waals surface area contributed by atoms with Crippen LogP contribution >= 0.6 is 11.6 Å². The van der Waals surface area contributed by atoms with Gasteiger partial charge in [0.1, 0.15) is 0 Å². The van der Waals surface area contributed by atoms with Gasteiger partial charge in [-0.2, -0.15) is 0 Å². The van der Waals surface area contributed by atoms with Crippen molar-refractivity contribution in [3.05, 3.63) is 22.5 Å². The average molecular weight is 316 g/mol. The van der Waals surface area contributed by atoms with Gasteiger partial charge in [0.25, 0.3) is 0 Å². The molecule has 1 aromatic carbocycles. The topological polar surface area (TPSA) is 67.8 Å². The number of hydrogen-bond donors (Lipinski definition) is 2. The summed E-state index contributed by atoms with van der Waals surface area (Å²) in [4.78, 5) is 11.1. The zero-order valence-corrected chi connectivity index (χ0v) is 12.0. The summed E-state index contributed by atoms with van der Waals surface area (Å²) in [6.07, 6.45) is 0.992. The number of benzene rings is 1. The van der Waals surface area contributed by atoms with Crippen LogP contribution in [0.1, 0.15) is 24.4 Å². The van der Waals surface area contributed by atoms with Crippen molar-refractivity contribution in [2.24, 2.45) is 5.92 Å². The maximum absolute atomic E-state index is 14.4. The number of carbonyl (C=O) groups is 1. The SMILES string of the molecule is O=C(O)C1CNC(c2c(F)c(Cl)cc3c2OCCCO3)C1. The number of fused-ring (bicyclic) bond motifs is 1. The number of halogens is 2. The number of hydrogen-bond acceptors (Lipinski definition) is 4. The van der Waals surface area contributed by atoms with E-state index in [1.807, 2.05) is 0 Å². The van der Waals surface area contributed by atoms with Crippen molar-refractivity contribution in [1.82, 2.24) is 5.32 Å². The molecule has 0 bridgehead atoms. The van der Waals surface area contributed by atoms with E-state index in [1.165, 1.54) is 6.07 Å². The standard InChI is InChI=1S/C14H15ClFNO4/c15-8-5-10-13(21-3-1-2-20-10)11(12(8)16)9-4-7(6-17-9)14(18)19/h5,7,9,17H,1-4,6H2,(H,18,19). The van der Waals surface area contributed by atoms with Gasteiger partial charge in [0, 0.05) is 25.1 Å². The Labute approximate surface area is 126 Å². The van der Waals surface area contributed by atoms with Crippen LogP contribution in [0.4, 0.5) is 4.39 Å². The van der Waals surface area contributed by atoms with E-state index in [1.54, 1.807) is 0 Å². The van der Waals surface area contributed by atoms with Crippen molar-refractivity contribution in [2.45, 2.75) is 18.9 Å². The smallest absolute Gasteiger partial charge is 0.307 e. The van der Waals surface area contributed by atoms with Crippen molar-refractivity contribution in [3.8, 4) is 11.5 Å². The van der Waals surface area contributed by atoms with Crippen LogP contribution in [0.3, 0.4) is 0 Å². The Morgan fingerprint density at radius 2 is 2.19 bits per heavy atom. The summed E-state index contributed by atoms with van der Waals surface area (Å²) in [5, 5.41) is 12.1. The van der Waals surface area contributed by atoms with E-state index in [9.17, 15) is 9.18 Å². The molecule has 2 atom stereocenters. The largest absolute Gasteiger partial charge is 0.489 e. The monoisotopic (exact) mass is 315 g/mol. The summed E-state index contributed by atoms with van der Waals surface area (Å²) in [5.74, 6) is -1.27. The maximum Gasteiger partial charge on any atom is 0.307 e. The Bertz CT molecular complexity index is 581. The van der Waals surface area contributed by atoms with Gasteiger partial charge in [0.2, 0.25) is 0 Å². The van der Waals surface area contributed by atoms with Gasteiger partial charge in [-0.25, -0.2) is 4.39 Å². The average Bonchev–Trinajstić information content (AvgIpc) is 2.82. The number of carboxylic acids is 1. The molecule has 1 fully saturated rings. The third-order valence-corrected chi connectivity index (χ3v) is 4.07. The van der Waals surface area contributed by atoms with Gasteiger partial charge >= 0.3 is 5.97 Å². The van der Waals surface area contributed by atoms with Crippen molar-refractivity contribution in [2.75, 3.05) is 19.8 Å². The lowest BCUT2D eigenvalue weighted by Crippen LogP contribution is -2.18. The van der Waals surface area contributed by atoms with Crippen molar-refractivity contribution in [3.63, 3.8) is 0 Å². The van der Waals surface area contributed by atoms with E-state index in [0.29, 0.717) is 44.1 Å². The molecular weight excluding hydrogens is 301 g/mol. The third kappa shape index (κ3) is 2.65. The van der Waals surface area contributed by atoms with Crippen LogP contribution in [-0.4, -0.2) is 30.8 Å². The lowest BCUT2D eigenvalue weighted by atomic mass is 9.98. The Kier molecular flexibility index (Phi) is 3.91. The predicted octanol–water partition coefficient (Wildman–Crippen LogP) is 2.38. The highest BCUT2D eigenvalue weighted by atomic mass is 35.5. The molecule has 2 N–H and O–H groups in total. The number of aliphatic carboxylic acids is 1. The van der Waals surface area contributed by atoms with Crippen LogP contribution in [0.5, 0.6) is 11.5 Å². The Balaban J connectivity index is 2.01. The molecule has 0 saturated carbocycles. The zero-order chi connectivity index (χ0) is 15.0. The van der Waals surface area contributed by atoms with E-state index in [2.05, 4.69) is 5.32 Å². The first-order valence-corrected chi connectivity index (χ1v) is 7.19. The highest BCUT2D eigenvalue weighted by molar-refractivity contribution is 6.31. The van der Waals surface area contributed by atoms with Crippen molar-refractivity contribution < 1.29 is 23.8 Å². The second kappa shape index (κ2) is 5.69. The summed E-state index contributed by atoms with van der Waals surface area (Å²) in [7, 11) is 0. The lowest BCUT2D eigenvalue weighted by Gasteiger charge is -2.19. The third-order valence-electron chi connectivity index (χ3n) is 3.79. The normalized spacial score (nSPS) is 24.7.